The first-order valence-corrected chi connectivity index (χ1v) is 8.93. The second-order valence-electron chi connectivity index (χ2n) is 6.00. The molecular formula is C21H24FNO6. The molecule has 0 unspecified atom stereocenters. The summed E-state index contributed by atoms with van der Waals surface area (Å²) in [5.41, 5.74) is 0.749. The van der Waals surface area contributed by atoms with E-state index in [9.17, 15) is 14.0 Å². The summed E-state index contributed by atoms with van der Waals surface area (Å²) in [5, 5.41) is 0. The number of methoxy groups -OCH3 is 3. The molecule has 0 aliphatic heterocycles. The number of esters is 1. The Morgan fingerprint density at radius 3 is 2.31 bits per heavy atom. The SMILES string of the molecule is CCN(Cc1cccc(F)c1)C(=O)COC(=O)c1ccc(OC)c(OC)c1OC. The number of nitrogens with zero attached hydrogens (tertiary/aromatic N) is 1. The number of carbonyl (C=O) groups excluding carboxylic acids is 2. The first-order chi connectivity index (χ1) is 13.9. The van der Waals surface area contributed by atoms with E-state index in [1.807, 2.05) is 0 Å². The van der Waals surface area contributed by atoms with E-state index in [1.165, 1.54) is 44.4 Å². The Morgan fingerprint density at radius 2 is 1.72 bits per heavy atom. The number of benzene rings is 2. The largest absolute Gasteiger partial charge is 0.493 e. The summed E-state index contributed by atoms with van der Waals surface area (Å²) in [7, 11) is 4.27. The van der Waals surface area contributed by atoms with Crippen molar-refractivity contribution < 1.29 is 32.9 Å². The number of halogens is 1. The van der Waals surface area contributed by atoms with E-state index < -0.39 is 18.5 Å². The number of likely N-dealkylation sites (N-methyl/N-ethyl adjacent to an activating group) is 1. The Labute approximate surface area is 168 Å². The van der Waals surface area contributed by atoms with Crippen molar-refractivity contribution in [2.45, 2.75) is 13.5 Å². The van der Waals surface area contributed by atoms with Gasteiger partial charge in [0.15, 0.2) is 18.1 Å². The third-order valence-electron chi connectivity index (χ3n) is 4.25. The Morgan fingerprint density at radius 1 is 1.00 bits per heavy atom. The van der Waals surface area contributed by atoms with Crippen LogP contribution in [0.15, 0.2) is 36.4 Å². The highest BCUT2D eigenvalue weighted by molar-refractivity contribution is 5.95. The van der Waals surface area contributed by atoms with Crippen molar-refractivity contribution in [2.24, 2.45) is 0 Å². The average Bonchev–Trinajstić information content (AvgIpc) is 2.74. The van der Waals surface area contributed by atoms with Crippen molar-refractivity contribution in [2.75, 3.05) is 34.5 Å². The first kappa shape index (κ1) is 22.0. The number of ether oxygens (including phenoxy) is 4. The molecule has 7 nitrogen and oxygen atoms in total. The highest BCUT2D eigenvalue weighted by Crippen LogP contribution is 2.39. The molecule has 29 heavy (non-hydrogen) atoms. The summed E-state index contributed by atoms with van der Waals surface area (Å²) < 4.78 is 34.2. The van der Waals surface area contributed by atoms with Crippen LogP contribution in [0.2, 0.25) is 0 Å². The predicted molar refractivity (Wildman–Crippen MR) is 104 cm³/mol. The second-order valence-corrected chi connectivity index (χ2v) is 6.00. The molecule has 0 heterocycles. The van der Waals surface area contributed by atoms with E-state index in [0.29, 0.717) is 17.9 Å². The van der Waals surface area contributed by atoms with Gasteiger partial charge >= 0.3 is 5.97 Å². The average molecular weight is 405 g/mol. The van der Waals surface area contributed by atoms with Crippen LogP contribution >= 0.6 is 0 Å². The van der Waals surface area contributed by atoms with Gasteiger partial charge in [0.2, 0.25) is 5.75 Å². The molecule has 0 N–H and O–H groups in total. The summed E-state index contributed by atoms with van der Waals surface area (Å²) in [5.74, 6) is -0.724. The van der Waals surface area contributed by atoms with E-state index >= 15 is 0 Å². The summed E-state index contributed by atoms with van der Waals surface area (Å²) in [6.07, 6.45) is 0. The first-order valence-electron chi connectivity index (χ1n) is 8.93. The highest BCUT2D eigenvalue weighted by atomic mass is 19.1. The van der Waals surface area contributed by atoms with Gasteiger partial charge < -0.3 is 23.8 Å². The fourth-order valence-electron chi connectivity index (χ4n) is 2.79. The van der Waals surface area contributed by atoms with Crippen LogP contribution in [-0.4, -0.2) is 51.3 Å². The van der Waals surface area contributed by atoms with Gasteiger partial charge in [0, 0.05) is 13.1 Å². The fraction of sp³-hybridized carbons (Fsp3) is 0.333. The minimum absolute atomic E-state index is 0.103. The standard InChI is InChI=1S/C21H24FNO6/c1-5-23(12-14-7-6-8-15(22)11-14)18(24)13-29-21(25)16-9-10-17(26-2)20(28-4)19(16)27-3/h6-11H,5,12-13H2,1-4H3. The Hall–Kier alpha value is -3.29. The number of hydrogen-bond donors (Lipinski definition) is 0. The van der Waals surface area contributed by atoms with Crippen LogP contribution in [0.4, 0.5) is 4.39 Å². The Kier molecular flexibility index (Phi) is 7.82. The van der Waals surface area contributed by atoms with E-state index in [4.69, 9.17) is 18.9 Å². The van der Waals surface area contributed by atoms with Crippen LogP contribution in [0.3, 0.4) is 0 Å². The highest BCUT2D eigenvalue weighted by Gasteiger charge is 2.23. The molecule has 0 aromatic heterocycles. The van der Waals surface area contributed by atoms with Crippen molar-refractivity contribution in [3.63, 3.8) is 0 Å². The zero-order valence-electron chi connectivity index (χ0n) is 16.9. The minimum Gasteiger partial charge on any atom is -0.493 e. The van der Waals surface area contributed by atoms with Crippen LogP contribution in [0.1, 0.15) is 22.8 Å². The summed E-state index contributed by atoms with van der Waals surface area (Å²) in [6, 6.07) is 9.00. The van der Waals surface area contributed by atoms with Gasteiger partial charge in [-0.25, -0.2) is 9.18 Å². The normalized spacial score (nSPS) is 10.2. The van der Waals surface area contributed by atoms with E-state index in [2.05, 4.69) is 0 Å². The molecule has 0 bridgehead atoms. The molecule has 0 radical (unpaired) electrons. The zero-order valence-corrected chi connectivity index (χ0v) is 16.9. The maximum absolute atomic E-state index is 13.3. The van der Waals surface area contributed by atoms with Crippen LogP contribution in [0, 0.1) is 5.82 Å². The minimum atomic E-state index is -0.738. The number of hydrogen-bond acceptors (Lipinski definition) is 6. The smallest absolute Gasteiger partial charge is 0.342 e. The fourth-order valence-corrected chi connectivity index (χ4v) is 2.79. The van der Waals surface area contributed by atoms with Crippen molar-refractivity contribution in [3.05, 3.63) is 53.3 Å². The van der Waals surface area contributed by atoms with Crippen molar-refractivity contribution >= 4 is 11.9 Å². The molecular weight excluding hydrogens is 381 g/mol. The number of carbonyl (C=O) groups is 2. The zero-order chi connectivity index (χ0) is 21.4. The van der Waals surface area contributed by atoms with Gasteiger partial charge in [-0.3, -0.25) is 4.79 Å². The Bertz CT molecular complexity index is 870. The van der Waals surface area contributed by atoms with Crippen molar-refractivity contribution in [3.8, 4) is 17.2 Å². The lowest BCUT2D eigenvalue weighted by Crippen LogP contribution is -2.34. The lowest BCUT2D eigenvalue weighted by molar-refractivity contribution is -0.134. The monoisotopic (exact) mass is 405 g/mol. The van der Waals surface area contributed by atoms with Gasteiger partial charge in [-0.05, 0) is 36.8 Å². The molecule has 0 fully saturated rings. The topological polar surface area (TPSA) is 74.3 Å². The van der Waals surface area contributed by atoms with Gasteiger partial charge in [0.05, 0.1) is 21.3 Å². The molecule has 2 aromatic rings. The molecule has 0 spiro atoms. The van der Waals surface area contributed by atoms with Crippen LogP contribution in [-0.2, 0) is 16.1 Å². The molecule has 2 rings (SSSR count). The van der Waals surface area contributed by atoms with Gasteiger partial charge in [0.1, 0.15) is 11.4 Å². The molecule has 0 aliphatic rings. The van der Waals surface area contributed by atoms with Crippen molar-refractivity contribution in [1.29, 1.82) is 0 Å². The summed E-state index contributed by atoms with van der Waals surface area (Å²) in [4.78, 5) is 26.4. The molecule has 8 heteroatoms. The molecule has 0 atom stereocenters. The molecule has 0 aliphatic carbocycles. The van der Waals surface area contributed by atoms with E-state index in [0.717, 1.165) is 0 Å². The van der Waals surface area contributed by atoms with Gasteiger partial charge in [-0.15, -0.1) is 0 Å². The van der Waals surface area contributed by atoms with Crippen LogP contribution < -0.4 is 14.2 Å². The maximum Gasteiger partial charge on any atom is 0.342 e. The maximum atomic E-state index is 13.3. The molecule has 0 saturated carbocycles. The van der Waals surface area contributed by atoms with Crippen LogP contribution in [0.25, 0.3) is 0 Å². The third-order valence-corrected chi connectivity index (χ3v) is 4.25. The number of rotatable bonds is 9. The third kappa shape index (κ3) is 5.37. The van der Waals surface area contributed by atoms with Crippen LogP contribution in [0.5, 0.6) is 17.2 Å². The lowest BCUT2D eigenvalue weighted by Gasteiger charge is -2.21. The van der Waals surface area contributed by atoms with Gasteiger partial charge in [0.25, 0.3) is 5.91 Å². The molecule has 2 aromatic carbocycles. The quantitative estimate of drug-likeness (QED) is 0.597. The molecule has 0 saturated heterocycles. The summed E-state index contributed by atoms with van der Waals surface area (Å²) >= 11 is 0. The van der Waals surface area contributed by atoms with Crippen molar-refractivity contribution in [1.82, 2.24) is 4.90 Å². The molecule has 156 valence electrons. The lowest BCUT2D eigenvalue weighted by atomic mass is 10.1. The summed E-state index contributed by atoms with van der Waals surface area (Å²) in [6.45, 7) is 1.92. The second kappa shape index (κ2) is 10.3. The molecule has 1 amide bonds. The number of amides is 1. The van der Waals surface area contributed by atoms with E-state index in [-0.39, 0.29) is 29.4 Å². The Balaban J connectivity index is 2.08. The predicted octanol–water partition coefficient (Wildman–Crippen LogP) is 3.06. The van der Waals surface area contributed by atoms with E-state index in [1.54, 1.807) is 25.1 Å². The van der Waals surface area contributed by atoms with Gasteiger partial charge in [-0.2, -0.15) is 0 Å². The van der Waals surface area contributed by atoms with Gasteiger partial charge in [-0.1, -0.05) is 12.1 Å².